The maximum atomic E-state index is 12.8. The van der Waals surface area contributed by atoms with E-state index in [1.165, 1.54) is 17.9 Å². The molecule has 0 saturated carbocycles. The molecule has 2 heterocycles. The van der Waals surface area contributed by atoms with Crippen LogP contribution in [0.25, 0.3) is 0 Å². The van der Waals surface area contributed by atoms with E-state index in [1.54, 1.807) is 13.8 Å². The van der Waals surface area contributed by atoms with Crippen molar-refractivity contribution in [2.75, 3.05) is 17.7 Å². The number of halogens is 4. The van der Waals surface area contributed by atoms with Crippen LogP contribution in [0.4, 0.5) is 30.6 Å². The van der Waals surface area contributed by atoms with Crippen LogP contribution in [-0.2, 0) is 11.8 Å². The van der Waals surface area contributed by atoms with Crippen LogP contribution in [0.5, 0.6) is 0 Å². The average molecular weight is 350 g/mol. The molecule has 7 nitrogen and oxygen atoms in total. The molecule has 23 heavy (non-hydrogen) atoms. The van der Waals surface area contributed by atoms with Crippen molar-refractivity contribution in [1.29, 1.82) is 0 Å². The average Bonchev–Trinajstić information content (AvgIpc) is 2.78. The molecule has 0 radical (unpaired) electrons. The Morgan fingerprint density at radius 2 is 1.91 bits per heavy atom. The summed E-state index contributed by atoms with van der Waals surface area (Å²) in [5, 5.41) is 9.32. The highest BCUT2D eigenvalue weighted by Gasteiger charge is 2.35. The molecule has 0 aliphatic heterocycles. The molecule has 0 bridgehead atoms. The molecule has 4 N–H and O–H groups in total. The summed E-state index contributed by atoms with van der Waals surface area (Å²) in [6.45, 7) is 3.40. The Morgan fingerprint density at radius 1 is 1.26 bits per heavy atom. The number of hydrogen-bond donors (Lipinski definition) is 3. The molecule has 126 valence electrons. The molecule has 0 aromatic carbocycles. The number of nitrogens with zero attached hydrogens (tertiary/aromatic N) is 4. The summed E-state index contributed by atoms with van der Waals surface area (Å²) in [6, 6.07) is 0. The van der Waals surface area contributed by atoms with Gasteiger partial charge in [0.2, 0.25) is 5.95 Å². The normalized spacial score (nSPS) is 12.3. The van der Waals surface area contributed by atoms with Gasteiger partial charge in [0, 0.05) is 13.2 Å². The van der Waals surface area contributed by atoms with Crippen molar-refractivity contribution in [1.82, 2.24) is 19.7 Å². The van der Waals surface area contributed by atoms with Crippen LogP contribution in [0, 0.1) is 0 Å². The molecular formula is C12H15ClF3N7. The summed E-state index contributed by atoms with van der Waals surface area (Å²) in [5.41, 5.74) is 4.42. The van der Waals surface area contributed by atoms with Gasteiger partial charge in [-0.2, -0.15) is 23.3 Å². The molecule has 2 aromatic heterocycles. The van der Waals surface area contributed by atoms with E-state index in [2.05, 4.69) is 25.7 Å². The molecule has 0 saturated heterocycles. The van der Waals surface area contributed by atoms with Crippen molar-refractivity contribution in [2.45, 2.75) is 25.7 Å². The third kappa shape index (κ3) is 3.64. The smallest absolute Gasteiger partial charge is 0.372 e. The molecular weight excluding hydrogens is 335 g/mol. The molecule has 2 rings (SSSR count). The minimum atomic E-state index is -4.55. The van der Waals surface area contributed by atoms with Crippen LogP contribution in [-0.4, -0.2) is 26.8 Å². The van der Waals surface area contributed by atoms with E-state index in [-0.39, 0.29) is 16.9 Å². The molecule has 0 aliphatic rings. The molecule has 0 unspecified atom stereocenters. The van der Waals surface area contributed by atoms with Crippen LogP contribution in [0.3, 0.4) is 0 Å². The minimum Gasteiger partial charge on any atom is -0.372 e. The summed E-state index contributed by atoms with van der Waals surface area (Å²) >= 11 is 6.14. The van der Waals surface area contributed by atoms with E-state index in [0.717, 1.165) is 0 Å². The molecule has 0 aliphatic carbocycles. The second kappa shape index (κ2) is 5.85. The third-order valence-electron chi connectivity index (χ3n) is 2.83. The Morgan fingerprint density at radius 3 is 2.39 bits per heavy atom. The predicted octanol–water partition coefficient (Wildman–Crippen LogP) is 2.78. The lowest BCUT2D eigenvalue weighted by Crippen LogP contribution is -2.37. The van der Waals surface area contributed by atoms with Gasteiger partial charge in [0.15, 0.2) is 5.15 Å². The number of nitrogens with one attached hydrogen (secondary N) is 2. The van der Waals surface area contributed by atoms with Crippen LogP contribution in [0.2, 0.25) is 5.15 Å². The van der Waals surface area contributed by atoms with Crippen LogP contribution >= 0.6 is 11.6 Å². The van der Waals surface area contributed by atoms with Gasteiger partial charge in [0.25, 0.3) is 0 Å². The lowest BCUT2D eigenvalue weighted by atomic mass is 10.3. The first kappa shape index (κ1) is 17.3. The van der Waals surface area contributed by atoms with Gasteiger partial charge >= 0.3 is 6.18 Å². The number of rotatable bonds is 4. The van der Waals surface area contributed by atoms with Crippen molar-refractivity contribution in [3.63, 3.8) is 0 Å². The van der Waals surface area contributed by atoms with Crippen molar-refractivity contribution >= 4 is 29.1 Å². The molecule has 0 atom stereocenters. The first-order chi connectivity index (χ1) is 10.5. The number of nitrogens with two attached hydrogens (primary N) is 1. The quantitative estimate of drug-likeness (QED) is 0.786. The number of hydrogen-bond acceptors (Lipinski definition) is 6. The zero-order chi connectivity index (χ0) is 17.4. The topological polar surface area (TPSA) is 93.7 Å². The fraction of sp³-hybridized carbons (Fsp3) is 0.417. The first-order valence-electron chi connectivity index (χ1n) is 6.46. The van der Waals surface area contributed by atoms with Gasteiger partial charge in [-0.15, -0.1) is 0 Å². The zero-order valence-electron chi connectivity index (χ0n) is 12.5. The predicted molar refractivity (Wildman–Crippen MR) is 80.6 cm³/mol. The lowest BCUT2D eigenvalue weighted by Gasteiger charge is -2.20. The molecule has 0 amide bonds. The standard InChI is InChI=1S/C12H15ClF3N7/c1-11(2,17)23-8(13)7(5-20-23)21-10-19-4-6(12(14,15)16)9(18-3)22-10/h4-5H,17H2,1-3H3,(H2,18,19,21,22). The largest absolute Gasteiger partial charge is 0.421 e. The minimum absolute atomic E-state index is 0.0568. The Labute approximate surface area is 135 Å². The fourth-order valence-corrected chi connectivity index (χ4v) is 2.14. The Bertz CT molecular complexity index is 706. The third-order valence-corrected chi connectivity index (χ3v) is 3.20. The number of alkyl halides is 3. The summed E-state index contributed by atoms with van der Waals surface area (Å²) in [4.78, 5) is 7.44. The lowest BCUT2D eigenvalue weighted by molar-refractivity contribution is -0.137. The number of aromatic nitrogens is 4. The van der Waals surface area contributed by atoms with Crippen molar-refractivity contribution < 1.29 is 13.2 Å². The maximum absolute atomic E-state index is 12.8. The second-order valence-corrected chi connectivity index (χ2v) is 5.60. The Kier molecular flexibility index (Phi) is 4.40. The van der Waals surface area contributed by atoms with E-state index in [0.29, 0.717) is 11.9 Å². The summed E-state index contributed by atoms with van der Waals surface area (Å²) < 4.78 is 39.8. The van der Waals surface area contributed by atoms with Gasteiger partial charge in [-0.3, -0.25) is 0 Å². The van der Waals surface area contributed by atoms with Gasteiger partial charge in [0.05, 0.1) is 11.9 Å². The van der Waals surface area contributed by atoms with Gasteiger partial charge in [0.1, 0.15) is 17.0 Å². The maximum Gasteiger partial charge on any atom is 0.421 e. The van der Waals surface area contributed by atoms with Gasteiger partial charge in [-0.1, -0.05) is 11.6 Å². The van der Waals surface area contributed by atoms with Crippen LogP contribution in [0.15, 0.2) is 12.4 Å². The van der Waals surface area contributed by atoms with E-state index >= 15 is 0 Å². The van der Waals surface area contributed by atoms with Crippen molar-refractivity contribution in [3.05, 3.63) is 23.1 Å². The fourth-order valence-electron chi connectivity index (χ4n) is 1.78. The van der Waals surface area contributed by atoms with E-state index in [4.69, 9.17) is 17.3 Å². The van der Waals surface area contributed by atoms with Crippen molar-refractivity contribution in [2.24, 2.45) is 5.73 Å². The van der Waals surface area contributed by atoms with Gasteiger partial charge in [-0.05, 0) is 13.8 Å². The summed E-state index contributed by atoms with van der Waals surface area (Å²) in [5.74, 6) is -0.406. The SMILES string of the molecule is CNc1nc(Nc2cnn(C(C)(C)N)c2Cl)ncc1C(F)(F)F. The second-order valence-electron chi connectivity index (χ2n) is 5.24. The highest BCUT2D eigenvalue weighted by atomic mass is 35.5. The molecule has 2 aromatic rings. The van der Waals surface area contributed by atoms with E-state index in [9.17, 15) is 13.2 Å². The van der Waals surface area contributed by atoms with Gasteiger partial charge < -0.3 is 16.4 Å². The Hall–Kier alpha value is -2.07. The Balaban J connectivity index is 2.33. The molecule has 0 fully saturated rings. The van der Waals surface area contributed by atoms with Crippen LogP contribution in [0.1, 0.15) is 19.4 Å². The van der Waals surface area contributed by atoms with E-state index in [1.807, 2.05) is 0 Å². The zero-order valence-corrected chi connectivity index (χ0v) is 13.3. The summed E-state index contributed by atoms with van der Waals surface area (Å²) in [7, 11) is 1.34. The van der Waals surface area contributed by atoms with Gasteiger partial charge in [-0.25, -0.2) is 9.67 Å². The number of anilines is 3. The highest BCUT2D eigenvalue weighted by Crippen LogP contribution is 2.34. The molecule has 11 heteroatoms. The van der Waals surface area contributed by atoms with Crippen molar-refractivity contribution in [3.8, 4) is 0 Å². The first-order valence-corrected chi connectivity index (χ1v) is 6.83. The van der Waals surface area contributed by atoms with Crippen LogP contribution < -0.4 is 16.4 Å². The summed E-state index contributed by atoms with van der Waals surface area (Å²) in [6.07, 6.45) is -2.48. The monoisotopic (exact) mass is 349 g/mol. The highest BCUT2D eigenvalue weighted by molar-refractivity contribution is 6.32. The molecule has 0 spiro atoms. The van der Waals surface area contributed by atoms with E-state index < -0.39 is 17.4 Å².